The zero-order chi connectivity index (χ0) is 17.5. The predicted molar refractivity (Wildman–Crippen MR) is 92.1 cm³/mol. The highest BCUT2D eigenvalue weighted by Crippen LogP contribution is 2.29. The van der Waals surface area contributed by atoms with E-state index in [1.54, 1.807) is 6.07 Å². The Morgan fingerprint density at radius 1 is 1.25 bits per heavy atom. The molecule has 0 aliphatic rings. The van der Waals surface area contributed by atoms with Crippen LogP contribution in [0.4, 0.5) is 9.52 Å². The van der Waals surface area contributed by atoms with Crippen molar-refractivity contribution in [3.05, 3.63) is 52.8 Å². The molecule has 0 unspecified atom stereocenters. The van der Waals surface area contributed by atoms with Crippen LogP contribution < -0.4 is 5.32 Å². The first kappa shape index (κ1) is 16.8. The van der Waals surface area contributed by atoms with Crippen molar-refractivity contribution in [3.8, 4) is 0 Å². The third kappa shape index (κ3) is 3.40. The number of aromatic nitrogens is 1. The monoisotopic (exact) mass is 384 g/mol. The molecule has 0 spiro atoms. The maximum absolute atomic E-state index is 13.0. The molecular formula is C15H10ClFN2O3S2. The summed E-state index contributed by atoms with van der Waals surface area (Å²) in [6, 6.07) is 8.00. The first-order chi connectivity index (χ1) is 11.2. The summed E-state index contributed by atoms with van der Waals surface area (Å²) < 4.78 is 36.8. The lowest BCUT2D eigenvalue weighted by Gasteiger charge is -2.03. The Labute approximate surface area is 146 Å². The molecule has 1 aromatic heterocycles. The standard InChI is InChI=1S/C15H10ClFN2O3S2/c1-24(21,22)9-3-5-12-13(7-9)23-15(18-12)19-14(20)10-4-2-8(17)6-11(10)16/h2-7H,1H3,(H,18,19,20). The van der Waals surface area contributed by atoms with Gasteiger partial charge in [-0.25, -0.2) is 17.8 Å². The summed E-state index contributed by atoms with van der Waals surface area (Å²) in [6.07, 6.45) is 1.12. The number of hydrogen-bond donors (Lipinski definition) is 1. The summed E-state index contributed by atoms with van der Waals surface area (Å²) in [5, 5.41) is 2.86. The van der Waals surface area contributed by atoms with E-state index in [4.69, 9.17) is 11.6 Å². The number of fused-ring (bicyclic) bond motifs is 1. The van der Waals surface area contributed by atoms with Crippen molar-refractivity contribution >= 4 is 54.0 Å². The number of nitrogens with zero attached hydrogens (tertiary/aromatic N) is 1. The number of benzene rings is 2. The highest BCUT2D eigenvalue weighted by molar-refractivity contribution is 7.90. The van der Waals surface area contributed by atoms with Crippen LogP contribution in [0.3, 0.4) is 0 Å². The van der Waals surface area contributed by atoms with E-state index < -0.39 is 21.6 Å². The van der Waals surface area contributed by atoms with E-state index in [0.717, 1.165) is 29.7 Å². The van der Waals surface area contributed by atoms with E-state index in [2.05, 4.69) is 10.3 Å². The molecule has 0 saturated carbocycles. The number of nitrogens with one attached hydrogen (secondary N) is 1. The fraction of sp³-hybridized carbons (Fsp3) is 0.0667. The molecule has 0 fully saturated rings. The van der Waals surface area contributed by atoms with Crippen LogP contribution in [0.2, 0.25) is 5.02 Å². The van der Waals surface area contributed by atoms with Gasteiger partial charge in [0.15, 0.2) is 15.0 Å². The van der Waals surface area contributed by atoms with Crippen molar-refractivity contribution in [2.45, 2.75) is 4.90 Å². The Morgan fingerprint density at radius 3 is 2.67 bits per heavy atom. The van der Waals surface area contributed by atoms with Crippen LogP contribution >= 0.6 is 22.9 Å². The van der Waals surface area contributed by atoms with Gasteiger partial charge in [0.25, 0.3) is 5.91 Å². The minimum Gasteiger partial charge on any atom is -0.298 e. The molecule has 3 aromatic rings. The Balaban J connectivity index is 1.91. The molecule has 0 aliphatic heterocycles. The molecule has 1 heterocycles. The average molecular weight is 385 g/mol. The molecule has 0 atom stereocenters. The maximum atomic E-state index is 13.0. The van der Waals surface area contributed by atoms with Gasteiger partial charge in [0.1, 0.15) is 5.82 Å². The number of rotatable bonds is 3. The molecule has 5 nitrogen and oxygen atoms in total. The van der Waals surface area contributed by atoms with E-state index in [-0.39, 0.29) is 15.5 Å². The second kappa shape index (κ2) is 6.12. The fourth-order valence-electron chi connectivity index (χ4n) is 2.03. The van der Waals surface area contributed by atoms with Crippen molar-refractivity contribution in [2.24, 2.45) is 0 Å². The summed E-state index contributed by atoms with van der Waals surface area (Å²) in [5.41, 5.74) is 0.682. The molecule has 24 heavy (non-hydrogen) atoms. The predicted octanol–water partition coefficient (Wildman–Crippen LogP) is 3.74. The quantitative estimate of drug-likeness (QED) is 0.746. The molecule has 0 aliphatic carbocycles. The third-order valence-electron chi connectivity index (χ3n) is 3.18. The van der Waals surface area contributed by atoms with Gasteiger partial charge in [-0.2, -0.15) is 0 Å². The lowest BCUT2D eigenvalue weighted by atomic mass is 10.2. The van der Waals surface area contributed by atoms with E-state index >= 15 is 0 Å². The summed E-state index contributed by atoms with van der Waals surface area (Å²) in [5.74, 6) is -1.06. The molecule has 1 amide bonds. The number of thiazole rings is 1. The average Bonchev–Trinajstić information content (AvgIpc) is 2.87. The van der Waals surface area contributed by atoms with Crippen LogP contribution in [0.25, 0.3) is 10.2 Å². The lowest BCUT2D eigenvalue weighted by Crippen LogP contribution is -2.12. The van der Waals surface area contributed by atoms with Gasteiger partial charge in [-0.1, -0.05) is 22.9 Å². The molecular weight excluding hydrogens is 375 g/mol. The van der Waals surface area contributed by atoms with Crippen molar-refractivity contribution in [1.29, 1.82) is 0 Å². The Bertz CT molecular complexity index is 1060. The van der Waals surface area contributed by atoms with Crippen molar-refractivity contribution in [3.63, 3.8) is 0 Å². The largest absolute Gasteiger partial charge is 0.298 e. The molecule has 0 radical (unpaired) electrons. The molecule has 2 aromatic carbocycles. The lowest BCUT2D eigenvalue weighted by molar-refractivity contribution is 0.102. The van der Waals surface area contributed by atoms with Crippen LogP contribution in [0.1, 0.15) is 10.4 Å². The van der Waals surface area contributed by atoms with Crippen LogP contribution in [0.15, 0.2) is 41.3 Å². The fourth-order valence-corrected chi connectivity index (χ4v) is 3.90. The molecule has 124 valence electrons. The minimum absolute atomic E-state index is 0.00651. The van der Waals surface area contributed by atoms with Gasteiger partial charge >= 0.3 is 0 Å². The summed E-state index contributed by atoms with van der Waals surface area (Å²) in [6.45, 7) is 0. The van der Waals surface area contributed by atoms with Gasteiger partial charge in [0.2, 0.25) is 0 Å². The molecule has 9 heteroatoms. The minimum atomic E-state index is -3.32. The zero-order valence-electron chi connectivity index (χ0n) is 12.2. The van der Waals surface area contributed by atoms with Crippen molar-refractivity contribution < 1.29 is 17.6 Å². The first-order valence-electron chi connectivity index (χ1n) is 6.61. The normalized spacial score (nSPS) is 11.6. The number of carbonyl (C=O) groups is 1. The molecule has 3 rings (SSSR count). The highest BCUT2D eigenvalue weighted by atomic mass is 35.5. The topological polar surface area (TPSA) is 76.1 Å². The van der Waals surface area contributed by atoms with Gasteiger partial charge in [-0.15, -0.1) is 0 Å². The van der Waals surface area contributed by atoms with Crippen LogP contribution in [-0.4, -0.2) is 25.6 Å². The molecule has 1 N–H and O–H groups in total. The Hall–Kier alpha value is -2.03. The zero-order valence-corrected chi connectivity index (χ0v) is 14.6. The second-order valence-corrected chi connectivity index (χ2v) is 8.45. The first-order valence-corrected chi connectivity index (χ1v) is 9.70. The molecule has 0 bridgehead atoms. The highest BCUT2D eigenvalue weighted by Gasteiger charge is 2.15. The summed E-state index contributed by atoms with van der Waals surface area (Å²) >= 11 is 6.99. The molecule has 0 saturated heterocycles. The SMILES string of the molecule is CS(=O)(=O)c1ccc2nc(NC(=O)c3ccc(F)cc3Cl)sc2c1. The number of halogens is 2. The van der Waals surface area contributed by atoms with Crippen LogP contribution in [0, 0.1) is 5.82 Å². The van der Waals surface area contributed by atoms with E-state index in [0.29, 0.717) is 15.3 Å². The van der Waals surface area contributed by atoms with Gasteiger partial charge in [-0.3, -0.25) is 10.1 Å². The van der Waals surface area contributed by atoms with Crippen LogP contribution in [0.5, 0.6) is 0 Å². The smallest absolute Gasteiger partial charge is 0.258 e. The Kier molecular flexibility index (Phi) is 4.29. The van der Waals surface area contributed by atoms with Gasteiger partial charge in [0.05, 0.1) is 25.7 Å². The second-order valence-electron chi connectivity index (χ2n) is 5.00. The van der Waals surface area contributed by atoms with Crippen molar-refractivity contribution in [2.75, 3.05) is 11.6 Å². The number of carbonyl (C=O) groups excluding carboxylic acids is 1. The number of amides is 1. The van der Waals surface area contributed by atoms with Gasteiger partial charge in [0, 0.05) is 6.26 Å². The summed E-state index contributed by atoms with van der Waals surface area (Å²) in [7, 11) is -3.32. The third-order valence-corrected chi connectivity index (χ3v) is 5.54. The number of anilines is 1. The van der Waals surface area contributed by atoms with Crippen molar-refractivity contribution in [1.82, 2.24) is 4.98 Å². The van der Waals surface area contributed by atoms with E-state index in [1.165, 1.54) is 18.2 Å². The number of sulfone groups is 1. The van der Waals surface area contributed by atoms with E-state index in [9.17, 15) is 17.6 Å². The van der Waals surface area contributed by atoms with Gasteiger partial charge < -0.3 is 0 Å². The Morgan fingerprint density at radius 2 is 2.00 bits per heavy atom. The maximum Gasteiger partial charge on any atom is 0.258 e. The van der Waals surface area contributed by atoms with E-state index in [1.807, 2.05) is 0 Å². The number of hydrogen-bond acceptors (Lipinski definition) is 5. The van der Waals surface area contributed by atoms with Gasteiger partial charge in [-0.05, 0) is 36.4 Å². The summed E-state index contributed by atoms with van der Waals surface area (Å²) in [4.78, 5) is 16.6. The van der Waals surface area contributed by atoms with Crippen LogP contribution in [-0.2, 0) is 9.84 Å².